The fourth-order valence-corrected chi connectivity index (χ4v) is 1.66. The standard InChI is InChI=1S/C8H9N3OS/c1-12-7-3-6-4-9-5-11(6)8(10-7)13-2/h3-5H,1-2H3. The minimum atomic E-state index is 0.623. The van der Waals surface area contributed by atoms with Gasteiger partial charge in [-0.1, -0.05) is 11.8 Å². The number of methoxy groups -OCH3 is 1. The third-order valence-corrected chi connectivity index (χ3v) is 2.40. The van der Waals surface area contributed by atoms with Gasteiger partial charge in [0.05, 0.1) is 18.8 Å². The molecule has 2 rings (SSSR count). The van der Waals surface area contributed by atoms with Crippen molar-refractivity contribution in [3.8, 4) is 5.88 Å². The molecule has 0 N–H and O–H groups in total. The maximum Gasteiger partial charge on any atom is 0.217 e. The number of rotatable bonds is 2. The van der Waals surface area contributed by atoms with Crippen LogP contribution in [0.5, 0.6) is 5.88 Å². The maximum atomic E-state index is 5.07. The van der Waals surface area contributed by atoms with Crippen molar-refractivity contribution in [2.75, 3.05) is 13.4 Å². The van der Waals surface area contributed by atoms with Crippen molar-refractivity contribution in [2.24, 2.45) is 0 Å². The second-order valence-electron chi connectivity index (χ2n) is 2.47. The molecule has 0 aliphatic carbocycles. The molecule has 0 fully saturated rings. The molecular weight excluding hydrogens is 186 g/mol. The first-order valence-electron chi connectivity index (χ1n) is 3.76. The Morgan fingerprint density at radius 1 is 1.54 bits per heavy atom. The average molecular weight is 195 g/mol. The van der Waals surface area contributed by atoms with Crippen molar-refractivity contribution in [3.63, 3.8) is 0 Å². The lowest BCUT2D eigenvalue weighted by Gasteiger charge is -2.03. The van der Waals surface area contributed by atoms with Gasteiger partial charge in [0.2, 0.25) is 5.88 Å². The second kappa shape index (κ2) is 3.26. The summed E-state index contributed by atoms with van der Waals surface area (Å²) in [6.45, 7) is 0. The van der Waals surface area contributed by atoms with E-state index < -0.39 is 0 Å². The lowest BCUT2D eigenvalue weighted by Crippen LogP contribution is -1.95. The normalized spacial score (nSPS) is 10.6. The van der Waals surface area contributed by atoms with E-state index in [0.717, 1.165) is 10.7 Å². The molecule has 5 heteroatoms. The number of thioether (sulfide) groups is 1. The first kappa shape index (κ1) is 8.37. The zero-order valence-electron chi connectivity index (χ0n) is 7.39. The van der Waals surface area contributed by atoms with Gasteiger partial charge in [0, 0.05) is 6.07 Å². The third kappa shape index (κ3) is 1.35. The molecule has 0 bridgehead atoms. The Kier molecular flexibility index (Phi) is 2.10. The summed E-state index contributed by atoms with van der Waals surface area (Å²) in [5, 5.41) is 0.881. The molecule has 13 heavy (non-hydrogen) atoms. The minimum Gasteiger partial charge on any atom is -0.481 e. The van der Waals surface area contributed by atoms with Crippen molar-refractivity contribution in [3.05, 3.63) is 18.6 Å². The van der Waals surface area contributed by atoms with E-state index in [1.807, 2.05) is 16.7 Å². The molecule has 0 aromatic carbocycles. The van der Waals surface area contributed by atoms with Gasteiger partial charge >= 0.3 is 0 Å². The van der Waals surface area contributed by atoms with Crippen molar-refractivity contribution in [1.82, 2.24) is 14.4 Å². The minimum absolute atomic E-state index is 0.623. The summed E-state index contributed by atoms with van der Waals surface area (Å²) in [5.41, 5.74) is 0.996. The van der Waals surface area contributed by atoms with Crippen molar-refractivity contribution in [2.45, 2.75) is 5.16 Å². The number of fused-ring (bicyclic) bond motifs is 1. The fraction of sp³-hybridized carbons (Fsp3) is 0.250. The van der Waals surface area contributed by atoms with Gasteiger partial charge in [0.1, 0.15) is 6.33 Å². The van der Waals surface area contributed by atoms with Crippen LogP contribution in [-0.2, 0) is 0 Å². The van der Waals surface area contributed by atoms with Gasteiger partial charge in [0.15, 0.2) is 5.16 Å². The number of ether oxygens (including phenoxy) is 1. The quantitative estimate of drug-likeness (QED) is 0.537. The number of imidazole rings is 1. The summed E-state index contributed by atoms with van der Waals surface area (Å²) in [6.07, 6.45) is 5.50. The van der Waals surface area contributed by atoms with Gasteiger partial charge in [-0.15, -0.1) is 0 Å². The predicted octanol–water partition coefficient (Wildman–Crippen LogP) is 1.46. The molecule has 0 amide bonds. The summed E-state index contributed by atoms with van der Waals surface area (Å²) >= 11 is 1.56. The summed E-state index contributed by atoms with van der Waals surface area (Å²) in [6, 6.07) is 1.85. The van der Waals surface area contributed by atoms with Crippen LogP contribution in [-0.4, -0.2) is 27.7 Å². The van der Waals surface area contributed by atoms with Crippen molar-refractivity contribution in [1.29, 1.82) is 0 Å². The molecular formula is C8H9N3OS. The van der Waals surface area contributed by atoms with Crippen LogP contribution in [0.3, 0.4) is 0 Å². The Balaban J connectivity index is 2.70. The van der Waals surface area contributed by atoms with Gasteiger partial charge in [-0.2, -0.15) is 4.98 Å². The van der Waals surface area contributed by atoms with E-state index in [0.29, 0.717) is 5.88 Å². The van der Waals surface area contributed by atoms with Crippen LogP contribution in [0.25, 0.3) is 5.52 Å². The predicted molar refractivity (Wildman–Crippen MR) is 51.3 cm³/mol. The zero-order chi connectivity index (χ0) is 9.26. The Morgan fingerprint density at radius 2 is 2.38 bits per heavy atom. The van der Waals surface area contributed by atoms with Crippen LogP contribution in [0.1, 0.15) is 0 Å². The largest absolute Gasteiger partial charge is 0.481 e. The topological polar surface area (TPSA) is 39.4 Å². The van der Waals surface area contributed by atoms with Gasteiger partial charge in [0.25, 0.3) is 0 Å². The van der Waals surface area contributed by atoms with E-state index in [1.54, 1.807) is 31.4 Å². The highest BCUT2D eigenvalue weighted by molar-refractivity contribution is 7.98. The lowest BCUT2D eigenvalue weighted by atomic mass is 10.5. The van der Waals surface area contributed by atoms with E-state index in [9.17, 15) is 0 Å². The number of hydrogen-bond acceptors (Lipinski definition) is 4. The SMILES string of the molecule is COc1cc2cncn2c(SC)n1. The molecule has 0 aliphatic heterocycles. The molecule has 4 nitrogen and oxygen atoms in total. The molecule has 0 spiro atoms. The molecule has 2 heterocycles. The number of aromatic nitrogens is 3. The second-order valence-corrected chi connectivity index (χ2v) is 3.25. The zero-order valence-corrected chi connectivity index (χ0v) is 8.21. The summed E-state index contributed by atoms with van der Waals surface area (Å²) < 4.78 is 6.99. The Labute approximate surface area is 80.0 Å². The van der Waals surface area contributed by atoms with E-state index >= 15 is 0 Å². The van der Waals surface area contributed by atoms with Gasteiger partial charge in [-0.05, 0) is 6.26 Å². The molecule has 2 aromatic rings. The Hall–Kier alpha value is -1.23. The van der Waals surface area contributed by atoms with Crippen LogP contribution in [0.15, 0.2) is 23.7 Å². The molecule has 0 saturated heterocycles. The fourth-order valence-electron chi connectivity index (χ4n) is 1.13. The highest BCUT2D eigenvalue weighted by atomic mass is 32.2. The van der Waals surface area contributed by atoms with Crippen LogP contribution >= 0.6 is 11.8 Å². The third-order valence-electron chi connectivity index (χ3n) is 1.74. The van der Waals surface area contributed by atoms with Gasteiger partial charge in [-0.3, -0.25) is 4.40 Å². The van der Waals surface area contributed by atoms with E-state index in [-0.39, 0.29) is 0 Å². The lowest BCUT2D eigenvalue weighted by molar-refractivity contribution is 0.392. The smallest absolute Gasteiger partial charge is 0.217 e. The van der Waals surface area contributed by atoms with Crippen LogP contribution in [0.2, 0.25) is 0 Å². The summed E-state index contributed by atoms with van der Waals surface area (Å²) in [4.78, 5) is 8.31. The Bertz CT molecular complexity index is 426. The molecule has 0 atom stereocenters. The maximum absolute atomic E-state index is 5.07. The molecule has 0 unspecified atom stereocenters. The average Bonchev–Trinajstić information content (AvgIpc) is 2.63. The molecule has 68 valence electrons. The van der Waals surface area contributed by atoms with E-state index in [2.05, 4.69) is 9.97 Å². The molecule has 0 radical (unpaired) electrons. The molecule has 0 aliphatic rings. The first-order chi connectivity index (χ1) is 6.35. The van der Waals surface area contributed by atoms with Crippen molar-refractivity contribution < 1.29 is 4.74 Å². The van der Waals surface area contributed by atoms with Crippen LogP contribution in [0.4, 0.5) is 0 Å². The van der Waals surface area contributed by atoms with E-state index in [1.165, 1.54) is 0 Å². The summed E-state index contributed by atoms with van der Waals surface area (Å²) in [7, 11) is 1.61. The number of hydrogen-bond donors (Lipinski definition) is 0. The van der Waals surface area contributed by atoms with Crippen molar-refractivity contribution >= 4 is 17.3 Å². The van der Waals surface area contributed by atoms with Crippen LogP contribution in [0, 0.1) is 0 Å². The highest BCUT2D eigenvalue weighted by Crippen LogP contribution is 2.19. The van der Waals surface area contributed by atoms with Gasteiger partial charge in [-0.25, -0.2) is 4.98 Å². The van der Waals surface area contributed by atoms with Gasteiger partial charge < -0.3 is 4.74 Å². The Morgan fingerprint density at radius 3 is 3.08 bits per heavy atom. The monoisotopic (exact) mass is 195 g/mol. The summed E-state index contributed by atoms with van der Waals surface area (Å²) in [5.74, 6) is 0.623. The van der Waals surface area contributed by atoms with Crippen LogP contribution < -0.4 is 4.74 Å². The number of nitrogens with zero attached hydrogens (tertiary/aromatic N) is 3. The molecule has 0 saturated carbocycles. The first-order valence-corrected chi connectivity index (χ1v) is 4.98. The molecule has 2 aromatic heterocycles. The van der Waals surface area contributed by atoms with E-state index in [4.69, 9.17) is 4.74 Å². The highest BCUT2D eigenvalue weighted by Gasteiger charge is 2.04.